The summed E-state index contributed by atoms with van der Waals surface area (Å²) in [7, 11) is 0. The Morgan fingerprint density at radius 1 is 0.970 bits per heavy atom. The molecule has 0 spiro atoms. The zero-order valence-corrected chi connectivity index (χ0v) is 18.5. The standard InChI is InChI=1S/C25H26N6O2/c1-18(32)26-21-9-11-22(12-10-21)27-25-28-24-4-2-3-23(31(24)29-25)20-7-5-19(6-8-20)17-30-13-15-33-16-14-30/h2-12H,13-17H2,1H3,(H,26,32)(H,27,29). The number of aromatic nitrogens is 3. The van der Waals surface area contributed by atoms with Crippen molar-refractivity contribution in [3.05, 3.63) is 72.3 Å². The maximum absolute atomic E-state index is 11.2. The zero-order valence-electron chi connectivity index (χ0n) is 18.5. The summed E-state index contributed by atoms with van der Waals surface area (Å²) in [4.78, 5) is 18.2. The molecule has 0 atom stereocenters. The van der Waals surface area contributed by atoms with E-state index in [1.165, 1.54) is 12.5 Å². The Morgan fingerprint density at radius 2 is 1.70 bits per heavy atom. The molecular weight excluding hydrogens is 416 g/mol. The van der Waals surface area contributed by atoms with Gasteiger partial charge in [0.25, 0.3) is 0 Å². The number of fused-ring (bicyclic) bond motifs is 1. The summed E-state index contributed by atoms with van der Waals surface area (Å²) in [6.07, 6.45) is 0. The summed E-state index contributed by atoms with van der Waals surface area (Å²) in [5.41, 5.74) is 5.71. The maximum Gasteiger partial charge on any atom is 0.247 e. The number of nitrogens with zero attached hydrogens (tertiary/aromatic N) is 4. The number of hydrogen-bond acceptors (Lipinski definition) is 6. The molecule has 3 heterocycles. The molecule has 2 aromatic heterocycles. The number of pyridine rings is 1. The van der Waals surface area contributed by atoms with Crippen LogP contribution in [0.25, 0.3) is 16.9 Å². The van der Waals surface area contributed by atoms with E-state index < -0.39 is 0 Å². The number of nitrogens with one attached hydrogen (secondary N) is 2. The normalized spacial score (nSPS) is 14.3. The number of rotatable bonds is 6. The lowest BCUT2D eigenvalue weighted by Crippen LogP contribution is -2.35. The molecule has 1 fully saturated rings. The van der Waals surface area contributed by atoms with Gasteiger partial charge in [-0.05, 0) is 42.0 Å². The minimum Gasteiger partial charge on any atom is -0.379 e. The first kappa shape index (κ1) is 21.1. The summed E-state index contributed by atoms with van der Waals surface area (Å²) >= 11 is 0. The van der Waals surface area contributed by atoms with Crippen LogP contribution in [0.5, 0.6) is 0 Å². The Morgan fingerprint density at radius 3 is 2.42 bits per heavy atom. The second-order valence-corrected chi connectivity index (χ2v) is 8.09. The molecule has 2 N–H and O–H groups in total. The van der Waals surface area contributed by atoms with Gasteiger partial charge >= 0.3 is 0 Å². The third-order valence-corrected chi connectivity index (χ3v) is 5.58. The van der Waals surface area contributed by atoms with Gasteiger partial charge in [-0.25, -0.2) is 4.52 Å². The van der Waals surface area contributed by atoms with Gasteiger partial charge in [-0.15, -0.1) is 5.10 Å². The lowest BCUT2D eigenvalue weighted by molar-refractivity contribution is -0.114. The van der Waals surface area contributed by atoms with Gasteiger partial charge in [0.15, 0.2) is 5.65 Å². The summed E-state index contributed by atoms with van der Waals surface area (Å²) in [6.45, 7) is 6.00. The van der Waals surface area contributed by atoms with Crippen LogP contribution in [0.4, 0.5) is 17.3 Å². The van der Waals surface area contributed by atoms with Gasteiger partial charge in [0.05, 0.1) is 18.9 Å². The van der Waals surface area contributed by atoms with Crippen LogP contribution < -0.4 is 10.6 Å². The minimum atomic E-state index is -0.0978. The number of anilines is 3. The van der Waals surface area contributed by atoms with Gasteiger partial charge in [-0.2, -0.15) is 4.98 Å². The van der Waals surface area contributed by atoms with Crippen molar-refractivity contribution in [3.63, 3.8) is 0 Å². The second-order valence-electron chi connectivity index (χ2n) is 8.09. The van der Waals surface area contributed by atoms with Gasteiger partial charge in [0.2, 0.25) is 11.9 Å². The topological polar surface area (TPSA) is 83.8 Å². The number of morpholine rings is 1. The fourth-order valence-corrected chi connectivity index (χ4v) is 3.94. The van der Waals surface area contributed by atoms with Crippen LogP contribution in [0.1, 0.15) is 12.5 Å². The maximum atomic E-state index is 11.2. The van der Waals surface area contributed by atoms with Crippen molar-refractivity contribution >= 4 is 28.9 Å². The molecule has 0 saturated carbocycles. The van der Waals surface area contributed by atoms with Gasteiger partial charge < -0.3 is 15.4 Å². The Labute approximate surface area is 192 Å². The smallest absolute Gasteiger partial charge is 0.247 e. The van der Waals surface area contributed by atoms with E-state index >= 15 is 0 Å². The molecule has 8 heteroatoms. The van der Waals surface area contributed by atoms with E-state index in [9.17, 15) is 4.79 Å². The third kappa shape index (κ3) is 5.02. The van der Waals surface area contributed by atoms with Crippen LogP contribution in [0, 0.1) is 0 Å². The highest BCUT2D eigenvalue weighted by atomic mass is 16.5. The monoisotopic (exact) mass is 442 g/mol. The Hall–Kier alpha value is -3.75. The SMILES string of the molecule is CC(=O)Nc1ccc(Nc2nc3cccc(-c4ccc(CN5CCOCC5)cc4)n3n2)cc1. The highest BCUT2D eigenvalue weighted by Gasteiger charge is 2.12. The third-order valence-electron chi connectivity index (χ3n) is 5.58. The molecule has 0 radical (unpaired) electrons. The van der Waals surface area contributed by atoms with E-state index in [2.05, 4.69) is 49.9 Å². The highest BCUT2D eigenvalue weighted by Crippen LogP contribution is 2.23. The molecule has 1 aliphatic heterocycles. The summed E-state index contributed by atoms with van der Waals surface area (Å²) in [5, 5.41) is 10.7. The molecule has 1 aliphatic rings. The molecule has 0 unspecified atom stereocenters. The van der Waals surface area contributed by atoms with E-state index in [0.29, 0.717) is 5.95 Å². The summed E-state index contributed by atoms with van der Waals surface area (Å²) < 4.78 is 7.29. The first-order valence-corrected chi connectivity index (χ1v) is 11.0. The number of carbonyl (C=O) groups is 1. The quantitative estimate of drug-likeness (QED) is 0.471. The Balaban J connectivity index is 1.34. The van der Waals surface area contributed by atoms with Crippen LogP contribution in [0.3, 0.4) is 0 Å². The van der Waals surface area contributed by atoms with Crippen molar-refractivity contribution in [3.8, 4) is 11.3 Å². The largest absolute Gasteiger partial charge is 0.379 e. The van der Waals surface area contributed by atoms with Crippen molar-refractivity contribution < 1.29 is 9.53 Å². The van der Waals surface area contributed by atoms with Crippen molar-refractivity contribution in [2.75, 3.05) is 36.9 Å². The predicted octanol–water partition coefficient (Wildman–Crippen LogP) is 3.93. The van der Waals surface area contributed by atoms with Crippen molar-refractivity contribution in [2.45, 2.75) is 13.5 Å². The van der Waals surface area contributed by atoms with Gasteiger partial charge in [-0.3, -0.25) is 9.69 Å². The van der Waals surface area contributed by atoms with Gasteiger partial charge in [-0.1, -0.05) is 30.3 Å². The number of benzene rings is 2. The van der Waals surface area contributed by atoms with Crippen LogP contribution in [0.2, 0.25) is 0 Å². The van der Waals surface area contributed by atoms with Crippen LogP contribution in [0.15, 0.2) is 66.7 Å². The molecule has 168 valence electrons. The fourth-order valence-electron chi connectivity index (χ4n) is 3.94. The van der Waals surface area contributed by atoms with E-state index in [0.717, 1.165) is 61.1 Å². The molecule has 33 heavy (non-hydrogen) atoms. The van der Waals surface area contributed by atoms with Crippen molar-refractivity contribution in [1.82, 2.24) is 19.5 Å². The molecule has 0 aliphatic carbocycles. The van der Waals surface area contributed by atoms with E-state index in [4.69, 9.17) is 4.74 Å². The molecule has 1 amide bonds. The van der Waals surface area contributed by atoms with Crippen LogP contribution in [-0.4, -0.2) is 51.7 Å². The van der Waals surface area contributed by atoms with E-state index in [1.807, 2.05) is 47.0 Å². The number of hydrogen-bond donors (Lipinski definition) is 2. The molecule has 4 aromatic rings. The minimum absolute atomic E-state index is 0.0978. The zero-order chi connectivity index (χ0) is 22.6. The lowest BCUT2D eigenvalue weighted by Gasteiger charge is -2.26. The summed E-state index contributed by atoms with van der Waals surface area (Å²) in [6, 6.07) is 22.0. The average Bonchev–Trinajstić information content (AvgIpc) is 3.24. The molecule has 0 bridgehead atoms. The van der Waals surface area contributed by atoms with Crippen molar-refractivity contribution in [1.29, 1.82) is 0 Å². The molecular formula is C25H26N6O2. The number of amides is 1. The summed E-state index contributed by atoms with van der Waals surface area (Å²) in [5.74, 6) is 0.415. The number of carbonyl (C=O) groups excluding carboxylic acids is 1. The first-order chi connectivity index (χ1) is 16.1. The Bertz CT molecular complexity index is 1240. The molecule has 2 aromatic carbocycles. The lowest BCUT2D eigenvalue weighted by atomic mass is 10.1. The molecule has 1 saturated heterocycles. The van der Waals surface area contributed by atoms with Gasteiger partial charge in [0, 0.05) is 43.5 Å². The fraction of sp³-hybridized carbons (Fsp3) is 0.240. The van der Waals surface area contributed by atoms with Crippen molar-refractivity contribution in [2.24, 2.45) is 0 Å². The molecule has 5 rings (SSSR count). The van der Waals surface area contributed by atoms with Crippen LogP contribution >= 0.6 is 0 Å². The average molecular weight is 443 g/mol. The van der Waals surface area contributed by atoms with E-state index in [-0.39, 0.29) is 5.91 Å². The first-order valence-electron chi connectivity index (χ1n) is 11.0. The number of ether oxygens (including phenoxy) is 1. The van der Waals surface area contributed by atoms with E-state index in [1.54, 1.807) is 0 Å². The second kappa shape index (κ2) is 9.40. The molecule has 8 nitrogen and oxygen atoms in total. The highest BCUT2D eigenvalue weighted by molar-refractivity contribution is 5.88. The van der Waals surface area contributed by atoms with Crippen LogP contribution in [-0.2, 0) is 16.1 Å². The Kier molecular flexibility index (Phi) is 6.01. The van der Waals surface area contributed by atoms with Gasteiger partial charge in [0.1, 0.15) is 0 Å². The predicted molar refractivity (Wildman–Crippen MR) is 129 cm³/mol.